The third-order valence-electron chi connectivity index (χ3n) is 4.77. The van der Waals surface area contributed by atoms with Crippen molar-refractivity contribution < 1.29 is 0 Å². The molecule has 0 bridgehead atoms. The van der Waals surface area contributed by atoms with Gasteiger partial charge in [-0.2, -0.15) is 0 Å². The van der Waals surface area contributed by atoms with Gasteiger partial charge in [0.2, 0.25) is 0 Å². The molecule has 0 saturated carbocycles. The van der Waals surface area contributed by atoms with Crippen molar-refractivity contribution in [3.8, 4) is 0 Å². The largest absolute Gasteiger partial charge is 0.322 e. The molecule has 110 valence electrons. The number of nitrogens with one attached hydrogen (secondary N) is 2. The number of hydrogen-bond donors (Lipinski definition) is 2. The summed E-state index contributed by atoms with van der Waals surface area (Å²) in [4.78, 5) is 17.7. The maximum Gasteiger partial charge on any atom is 0.251 e. The highest BCUT2D eigenvalue weighted by molar-refractivity contribution is 5.84. The molecule has 2 N–H and O–H groups in total. The van der Waals surface area contributed by atoms with Gasteiger partial charge in [0.05, 0.1) is 0 Å². The molecule has 1 aromatic carbocycles. The first kappa shape index (κ1) is 13.0. The summed E-state index contributed by atoms with van der Waals surface area (Å²) in [6.07, 6.45) is 3.09. The van der Waals surface area contributed by atoms with E-state index in [2.05, 4.69) is 33.4 Å². The molecule has 0 unspecified atom stereocenters. The van der Waals surface area contributed by atoms with E-state index >= 15 is 0 Å². The molecule has 4 rings (SSSR count). The van der Waals surface area contributed by atoms with Crippen molar-refractivity contribution >= 4 is 10.9 Å². The van der Waals surface area contributed by atoms with Gasteiger partial charge in [0.1, 0.15) is 0 Å². The predicted octanol–water partition coefficient (Wildman–Crippen LogP) is 1.42. The molecule has 0 atom stereocenters. The van der Waals surface area contributed by atoms with E-state index in [1.54, 1.807) is 0 Å². The van der Waals surface area contributed by atoms with Crippen LogP contribution in [0.3, 0.4) is 0 Å². The van der Waals surface area contributed by atoms with Crippen molar-refractivity contribution in [1.82, 2.24) is 15.2 Å². The first-order valence-corrected chi connectivity index (χ1v) is 7.91. The molecular formula is C17H21N3O. The van der Waals surface area contributed by atoms with Crippen LogP contribution in [0.4, 0.5) is 0 Å². The fraction of sp³-hybridized carbons (Fsp3) is 0.471. The summed E-state index contributed by atoms with van der Waals surface area (Å²) in [5.74, 6) is 0. The highest BCUT2D eigenvalue weighted by atomic mass is 16.1. The summed E-state index contributed by atoms with van der Waals surface area (Å²) >= 11 is 0. The summed E-state index contributed by atoms with van der Waals surface area (Å²) < 4.78 is 0. The second-order valence-corrected chi connectivity index (χ2v) is 6.17. The van der Waals surface area contributed by atoms with Gasteiger partial charge < -0.3 is 10.3 Å². The Kier molecular flexibility index (Phi) is 3.28. The lowest BCUT2D eigenvalue weighted by Crippen LogP contribution is -2.42. The van der Waals surface area contributed by atoms with E-state index in [1.165, 1.54) is 16.5 Å². The van der Waals surface area contributed by atoms with Gasteiger partial charge in [-0.15, -0.1) is 0 Å². The van der Waals surface area contributed by atoms with Crippen LogP contribution in [-0.2, 0) is 19.4 Å². The topological polar surface area (TPSA) is 48.1 Å². The van der Waals surface area contributed by atoms with Crippen LogP contribution >= 0.6 is 0 Å². The minimum atomic E-state index is 0.120. The van der Waals surface area contributed by atoms with E-state index < -0.39 is 0 Å². The number of benzene rings is 1. The number of aromatic nitrogens is 1. The van der Waals surface area contributed by atoms with Crippen LogP contribution in [0.15, 0.2) is 23.0 Å². The first-order valence-electron chi connectivity index (χ1n) is 7.91. The molecule has 2 aliphatic rings. The number of fused-ring (bicyclic) bond motifs is 3. The van der Waals surface area contributed by atoms with Gasteiger partial charge in [0.25, 0.3) is 5.56 Å². The quantitative estimate of drug-likeness (QED) is 0.876. The summed E-state index contributed by atoms with van der Waals surface area (Å²) in [7, 11) is 0. The molecule has 0 amide bonds. The van der Waals surface area contributed by atoms with Crippen LogP contribution < -0.4 is 10.9 Å². The number of nitrogens with zero attached hydrogens (tertiary/aromatic N) is 1. The van der Waals surface area contributed by atoms with Crippen LogP contribution in [-0.4, -0.2) is 36.1 Å². The number of piperazine rings is 1. The lowest BCUT2D eigenvalue weighted by atomic mass is 10.0. The Morgan fingerprint density at radius 3 is 2.76 bits per heavy atom. The van der Waals surface area contributed by atoms with E-state index in [4.69, 9.17) is 0 Å². The fourth-order valence-electron chi connectivity index (χ4n) is 3.67. The smallest absolute Gasteiger partial charge is 0.251 e. The maximum absolute atomic E-state index is 12.2. The molecule has 1 saturated heterocycles. The Labute approximate surface area is 124 Å². The van der Waals surface area contributed by atoms with Gasteiger partial charge in [0.15, 0.2) is 0 Å². The summed E-state index contributed by atoms with van der Waals surface area (Å²) in [5, 5.41) is 4.62. The highest BCUT2D eigenvalue weighted by Crippen LogP contribution is 2.26. The van der Waals surface area contributed by atoms with Gasteiger partial charge in [0, 0.05) is 49.2 Å². The number of hydrogen-bond acceptors (Lipinski definition) is 3. The van der Waals surface area contributed by atoms with E-state index in [1.807, 2.05) is 0 Å². The van der Waals surface area contributed by atoms with Crippen LogP contribution in [0.1, 0.15) is 23.1 Å². The van der Waals surface area contributed by atoms with Crippen molar-refractivity contribution in [1.29, 1.82) is 0 Å². The van der Waals surface area contributed by atoms with E-state index in [0.29, 0.717) is 0 Å². The molecule has 1 aromatic heterocycles. The van der Waals surface area contributed by atoms with E-state index in [0.717, 1.165) is 63.1 Å². The molecule has 1 fully saturated rings. The highest BCUT2D eigenvalue weighted by Gasteiger charge is 2.18. The van der Waals surface area contributed by atoms with Crippen molar-refractivity contribution in [2.75, 3.05) is 26.2 Å². The Bertz CT molecular complexity index is 729. The van der Waals surface area contributed by atoms with Crippen LogP contribution in [0, 0.1) is 0 Å². The lowest BCUT2D eigenvalue weighted by molar-refractivity contribution is 0.233. The predicted molar refractivity (Wildman–Crippen MR) is 84.7 cm³/mol. The Morgan fingerprint density at radius 1 is 1.10 bits per heavy atom. The minimum absolute atomic E-state index is 0.120. The Hall–Kier alpha value is -1.65. The number of H-pyrrole nitrogens is 1. The second kappa shape index (κ2) is 5.28. The summed E-state index contributed by atoms with van der Waals surface area (Å²) in [6, 6.07) is 6.59. The van der Waals surface area contributed by atoms with Crippen LogP contribution in [0.5, 0.6) is 0 Å². The molecule has 0 radical (unpaired) electrons. The molecule has 4 heteroatoms. The standard InChI is InChI=1S/C17H21N3O/c21-17-15-3-1-2-13(15)14-5-4-12(10-16(14)19-17)11-20-8-6-18-7-9-20/h4-5,10,18H,1-3,6-9,11H2,(H,19,21). The van der Waals surface area contributed by atoms with Crippen molar-refractivity contribution in [3.05, 3.63) is 45.2 Å². The average Bonchev–Trinajstić information content (AvgIpc) is 2.98. The average molecular weight is 283 g/mol. The number of aryl methyl sites for hydroxylation is 1. The molecule has 4 nitrogen and oxygen atoms in total. The second-order valence-electron chi connectivity index (χ2n) is 6.17. The Balaban J connectivity index is 1.70. The van der Waals surface area contributed by atoms with E-state index in [-0.39, 0.29) is 5.56 Å². The molecule has 1 aliphatic carbocycles. The zero-order valence-corrected chi connectivity index (χ0v) is 12.2. The summed E-state index contributed by atoms with van der Waals surface area (Å²) in [6.45, 7) is 5.30. The third kappa shape index (κ3) is 2.39. The van der Waals surface area contributed by atoms with E-state index in [9.17, 15) is 4.79 Å². The minimum Gasteiger partial charge on any atom is -0.322 e. The monoisotopic (exact) mass is 283 g/mol. The SMILES string of the molecule is O=c1[nH]c2cc(CN3CCNCC3)ccc2c2c1CCC2. The van der Waals surface area contributed by atoms with Gasteiger partial charge in [-0.05, 0) is 36.5 Å². The lowest BCUT2D eigenvalue weighted by Gasteiger charge is -2.27. The number of pyridine rings is 1. The van der Waals surface area contributed by atoms with Gasteiger partial charge in [-0.25, -0.2) is 0 Å². The number of aromatic amines is 1. The number of rotatable bonds is 2. The van der Waals surface area contributed by atoms with Crippen LogP contribution in [0.2, 0.25) is 0 Å². The van der Waals surface area contributed by atoms with Gasteiger partial charge in [-0.1, -0.05) is 12.1 Å². The summed E-state index contributed by atoms with van der Waals surface area (Å²) in [5.41, 5.74) is 4.71. The molecule has 2 heterocycles. The van der Waals surface area contributed by atoms with Crippen molar-refractivity contribution in [2.24, 2.45) is 0 Å². The zero-order valence-electron chi connectivity index (χ0n) is 12.2. The molecule has 21 heavy (non-hydrogen) atoms. The molecule has 0 spiro atoms. The van der Waals surface area contributed by atoms with Gasteiger partial charge >= 0.3 is 0 Å². The van der Waals surface area contributed by atoms with Crippen molar-refractivity contribution in [3.63, 3.8) is 0 Å². The van der Waals surface area contributed by atoms with Crippen LogP contribution in [0.25, 0.3) is 10.9 Å². The molecular weight excluding hydrogens is 262 g/mol. The molecule has 2 aromatic rings. The zero-order chi connectivity index (χ0) is 14.2. The maximum atomic E-state index is 12.2. The normalized spacial score (nSPS) is 19.0. The fourth-order valence-corrected chi connectivity index (χ4v) is 3.67. The third-order valence-corrected chi connectivity index (χ3v) is 4.77. The molecule has 1 aliphatic heterocycles. The first-order chi connectivity index (χ1) is 10.3. The van der Waals surface area contributed by atoms with Gasteiger partial charge in [-0.3, -0.25) is 9.69 Å². The Morgan fingerprint density at radius 2 is 1.90 bits per heavy atom. The van der Waals surface area contributed by atoms with Crippen molar-refractivity contribution in [2.45, 2.75) is 25.8 Å².